The van der Waals surface area contributed by atoms with Crippen LogP contribution in [0.5, 0.6) is 0 Å². The van der Waals surface area contributed by atoms with E-state index < -0.39 is 11.9 Å². The van der Waals surface area contributed by atoms with Gasteiger partial charge >= 0.3 is 0 Å². The number of halogens is 3. The number of rotatable bonds is 3. The molecule has 0 radical (unpaired) electrons. The maximum absolute atomic E-state index is 12.8. The van der Waals surface area contributed by atoms with E-state index in [0.29, 0.717) is 12.1 Å². The molecule has 0 unspecified atom stereocenters. The minimum absolute atomic E-state index is 0. The summed E-state index contributed by atoms with van der Waals surface area (Å²) in [4.78, 5) is 3.69. The molecule has 1 atom stereocenters. The molecule has 2 N–H and O–H groups in total. The Morgan fingerprint density at radius 2 is 1.94 bits per heavy atom. The Bertz CT molecular complexity index is 331. The monoisotopic (exact) mass is 284 g/mol. The Labute approximate surface area is 114 Å². The summed E-state index contributed by atoms with van der Waals surface area (Å²) in [5.41, 5.74) is 0.425. The van der Waals surface area contributed by atoms with Crippen molar-refractivity contribution in [2.24, 2.45) is 0 Å². The Balaban J connectivity index is 0. The van der Waals surface area contributed by atoms with Crippen LogP contribution in [-0.4, -0.2) is 22.2 Å². The first-order valence-electron chi connectivity index (χ1n) is 4.92. The van der Waals surface area contributed by atoms with Gasteiger partial charge in [-0.25, -0.2) is 4.39 Å². The fraction of sp³-hybridized carbons (Fsp3) is 0.545. The van der Waals surface area contributed by atoms with Gasteiger partial charge in [-0.15, -0.1) is 24.8 Å². The van der Waals surface area contributed by atoms with Crippen molar-refractivity contribution in [3.05, 3.63) is 29.8 Å². The first kappa shape index (κ1) is 18.9. The second-order valence-corrected chi connectivity index (χ2v) is 4.58. The summed E-state index contributed by atoms with van der Waals surface area (Å²) in [6, 6.07) is 1.29. The van der Waals surface area contributed by atoms with Gasteiger partial charge in [0.1, 0.15) is 5.82 Å². The van der Waals surface area contributed by atoms with Gasteiger partial charge in [0.05, 0.1) is 12.3 Å². The molecule has 0 aliphatic heterocycles. The summed E-state index contributed by atoms with van der Waals surface area (Å²) >= 11 is 0. The number of hydrogen-bond acceptors (Lipinski definition) is 3. The molecule has 100 valence electrons. The quantitative estimate of drug-likeness (QED) is 0.897. The average molecular weight is 285 g/mol. The lowest BCUT2D eigenvalue weighted by Gasteiger charge is -2.22. The molecule has 0 aliphatic carbocycles. The highest BCUT2D eigenvalue weighted by Gasteiger charge is 2.14. The number of aliphatic hydroxyl groups is 1. The Hall–Kier alpha value is -0.420. The Kier molecular flexibility index (Phi) is 8.71. The van der Waals surface area contributed by atoms with Crippen molar-refractivity contribution in [2.75, 3.05) is 6.54 Å². The first-order valence-corrected chi connectivity index (χ1v) is 4.92. The molecule has 1 aromatic heterocycles. The van der Waals surface area contributed by atoms with Crippen LogP contribution in [0.4, 0.5) is 4.39 Å². The SMILES string of the molecule is CC(C)(C)NC[C@H](O)c1cncc(F)c1.Cl.Cl. The average Bonchev–Trinajstić information content (AvgIpc) is 2.13. The second kappa shape index (κ2) is 7.82. The highest BCUT2D eigenvalue weighted by Crippen LogP contribution is 2.12. The Morgan fingerprint density at radius 3 is 2.41 bits per heavy atom. The summed E-state index contributed by atoms with van der Waals surface area (Å²) in [6.45, 7) is 6.39. The largest absolute Gasteiger partial charge is 0.387 e. The van der Waals surface area contributed by atoms with Gasteiger partial charge in [0.15, 0.2) is 0 Å². The predicted octanol–water partition coefficient (Wildman–Crippen LogP) is 2.49. The van der Waals surface area contributed by atoms with E-state index in [4.69, 9.17) is 0 Å². The maximum Gasteiger partial charge on any atom is 0.141 e. The van der Waals surface area contributed by atoms with Gasteiger partial charge in [-0.2, -0.15) is 0 Å². The van der Waals surface area contributed by atoms with Gasteiger partial charge in [-0.3, -0.25) is 4.98 Å². The van der Waals surface area contributed by atoms with Crippen molar-refractivity contribution in [1.29, 1.82) is 0 Å². The van der Waals surface area contributed by atoms with E-state index in [1.807, 2.05) is 20.8 Å². The molecule has 1 rings (SSSR count). The fourth-order valence-corrected chi connectivity index (χ4v) is 1.13. The molecule has 0 aliphatic rings. The van der Waals surface area contributed by atoms with Gasteiger partial charge in [0.2, 0.25) is 0 Å². The van der Waals surface area contributed by atoms with E-state index in [9.17, 15) is 9.50 Å². The topological polar surface area (TPSA) is 45.1 Å². The summed E-state index contributed by atoms with van der Waals surface area (Å²) in [5, 5.41) is 12.9. The van der Waals surface area contributed by atoms with Crippen LogP contribution in [0.1, 0.15) is 32.4 Å². The van der Waals surface area contributed by atoms with Crippen LogP contribution in [0, 0.1) is 5.82 Å². The summed E-state index contributed by atoms with van der Waals surface area (Å²) < 4.78 is 12.8. The molecule has 17 heavy (non-hydrogen) atoms. The standard InChI is InChI=1S/C11H17FN2O.2ClH/c1-11(2,3)14-7-10(15)8-4-9(12)6-13-5-8;;/h4-6,10,14-15H,7H2,1-3H3;2*1H/t10-;;/m0../s1. The van der Waals surface area contributed by atoms with Gasteiger partial charge in [-0.05, 0) is 26.8 Å². The number of hydrogen-bond donors (Lipinski definition) is 2. The van der Waals surface area contributed by atoms with Crippen molar-refractivity contribution in [2.45, 2.75) is 32.4 Å². The van der Waals surface area contributed by atoms with Crippen molar-refractivity contribution < 1.29 is 9.50 Å². The molecule has 0 aromatic carbocycles. The molecule has 6 heteroatoms. The highest BCUT2D eigenvalue weighted by atomic mass is 35.5. The number of nitrogens with zero attached hydrogens (tertiary/aromatic N) is 1. The molecule has 1 heterocycles. The van der Waals surface area contributed by atoms with E-state index in [0.717, 1.165) is 6.20 Å². The minimum Gasteiger partial charge on any atom is -0.387 e. The summed E-state index contributed by atoms with van der Waals surface area (Å²) in [6.07, 6.45) is 1.86. The molecular weight excluding hydrogens is 266 g/mol. The van der Waals surface area contributed by atoms with Crippen molar-refractivity contribution in [1.82, 2.24) is 10.3 Å². The predicted molar refractivity (Wildman–Crippen MR) is 71.4 cm³/mol. The van der Waals surface area contributed by atoms with E-state index in [2.05, 4.69) is 10.3 Å². The van der Waals surface area contributed by atoms with Gasteiger partial charge in [-0.1, -0.05) is 0 Å². The van der Waals surface area contributed by atoms with Crippen molar-refractivity contribution in [3.63, 3.8) is 0 Å². The van der Waals surface area contributed by atoms with E-state index in [1.165, 1.54) is 12.3 Å². The lowest BCUT2D eigenvalue weighted by atomic mass is 10.1. The summed E-state index contributed by atoms with van der Waals surface area (Å²) in [7, 11) is 0. The normalized spacial score (nSPS) is 12.3. The number of aromatic nitrogens is 1. The molecule has 3 nitrogen and oxygen atoms in total. The van der Waals surface area contributed by atoms with Crippen LogP contribution in [-0.2, 0) is 0 Å². The molecule has 1 aromatic rings. The van der Waals surface area contributed by atoms with Gasteiger partial charge in [0, 0.05) is 23.8 Å². The van der Waals surface area contributed by atoms with Crippen LogP contribution >= 0.6 is 24.8 Å². The van der Waals surface area contributed by atoms with Crippen molar-refractivity contribution >= 4 is 24.8 Å². The van der Waals surface area contributed by atoms with Crippen molar-refractivity contribution in [3.8, 4) is 0 Å². The molecule has 0 spiro atoms. The van der Waals surface area contributed by atoms with Crippen LogP contribution in [0.2, 0.25) is 0 Å². The lowest BCUT2D eigenvalue weighted by Crippen LogP contribution is -2.38. The zero-order valence-corrected chi connectivity index (χ0v) is 11.7. The third-order valence-electron chi connectivity index (χ3n) is 1.94. The highest BCUT2D eigenvalue weighted by molar-refractivity contribution is 5.85. The number of nitrogens with one attached hydrogen (secondary N) is 1. The zero-order chi connectivity index (χ0) is 11.5. The summed E-state index contributed by atoms with van der Waals surface area (Å²) in [5.74, 6) is -0.428. The first-order chi connectivity index (χ1) is 6.88. The van der Waals surface area contributed by atoms with Gasteiger partial charge < -0.3 is 10.4 Å². The lowest BCUT2D eigenvalue weighted by molar-refractivity contribution is 0.162. The number of β-amino-alcohol motifs (C(OH)–C–C–N with tert-alkyl or cyclic N) is 1. The third-order valence-corrected chi connectivity index (χ3v) is 1.94. The molecular formula is C11H19Cl2FN2O. The van der Waals surface area contributed by atoms with Crippen LogP contribution in [0.15, 0.2) is 18.5 Å². The van der Waals surface area contributed by atoms with E-state index >= 15 is 0 Å². The van der Waals surface area contributed by atoms with Gasteiger partial charge in [0.25, 0.3) is 0 Å². The van der Waals surface area contributed by atoms with Crippen LogP contribution in [0.3, 0.4) is 0 Å². The van der Waals surface area contributed by atoms with E-state index in [1.54, 1.807) is 0 Å². The molecule has 0 saturated carbocycles. The third kappa shape index (κ3) is 7.49. The Morgan fingerprint density at radius 1 is 1.35 bits per heavy atom. The molecule has 0 fully saturated rings. The zero-order valence-electron chi connectivity index (χ0n) is 10.1. The van der Waals surface area contributed by atoms with Crippen LogP contribution in [0.25, 0.3) is 0 Å². The number of pyridine rings is 1. The fourth-order valence-electron chi connectivity index (χ4n) is 1.13. The number of aliphatic hydroxyl groups excluding tert-OH is 1. The molecule has 0 amide bonds. The molecule has 0 saturated heterocycles. The molecule has 0 bridgehead atoms. The smallest absolute Gasteiger partial charge is 0.141 e. The van der Waals surface area contributed by atoms with E-state index in [-0.39, 0.29) is 30.4 Å². The second-order valence-electron chi connectivity index (χ2n) is 4.58. The maximum atomic E-state index is 12.8. The van der Waals surface area contributed by atoms with Crippen LogP contribution < -0.4 is 5.32 Å². The minimum atomic E-state index is -0.729.